The third-order valence-corrected chi connectivity index (χ3v) is 3.56. The van der Waals surface area contributed by atoms with Crippen molar-refractivity contribution in [2.24, 2.45) is 4.99 Å². The minimum absolute atomic E-state index is 0.671. The number of guanidine groups is 1. The van der Waals surface area contributed by atoms with Crippen molar-refractivity contribution >= 4 is 5.96 Å². The zero-order valence-corrected chi connectivity index (χ0v) is 14.0. The average molecular weight is 315 g/mol. The van der Waals surface area contributed by atoms with Gasteiger partial charge in [-0.3, -0.25) is 4.99 Å². The second-order valence-electron chi connectivity index (χ2n) is 5.32. The van der Waals surface area contributed by atoms with Crippen molar-refractivity contribution in [3.63, 3.8) is 0 Å². The highest BCUT2D eigenvalue weighted by Gasteiger charge is 2.04. The van der Waals surface area contributed by atoms with Gasteiger partial charge in [-0.25, -0.2) is 4.98 Å². The lowest BCUT2D eigenvalue weighted by Crippen LogP contribution is -2.37. The van der Waals surface area contributed by atoms with Crippen LogP contribution in [-0.2, 0) is 13.1 Å². The van der Waals surface area contributed by atoms with Crippen molar-refractivity contribution in [1.29, 1.82) is 0 Å². The van der Waals surface area contributed by atoms with Crippen LogP contribution in [0.5, 0.6) is 5.75 Å². The molecule has 2 rings (SSSR count). The molecular weight excluding hydrogens is 290 g/mol. The first-order valence-corrected chi connectivity index (χ1v) is 7.76. The number of rotatable bonds is 7. The number of methoxy groups -OCH3 is 1. The van der Waals surface area contributed by atoms with Crippen LogP contribution in [0.1, 0.15) is 17.5 Å². The molecule has 23 heavy (non-hydrogen) atoms. The molecule has 0 saturated heterocycles. The molecule has 0 unspecified atom stereocenters. The second-order valence-corrected chi connectivity index (χ2v) is 5.32. The second kappa shape index (κ2) is 8.82. The zero-order valence-electron chi connectivity index (χ0n) is 14.0. The van der Waals surface area contributed by atoms with Gasteiger partial charge in [0, 0.05) is 44.6 Å². The Labute approximate surface area is 137 Å². The summed E-state index contributed by atoms with van der Waals surface area (Å²) in [7, 11) is 3.47. The molecular formula is C17H25N5O. The molecule has 0 aliphatic rings. The van der Waals surface area contributed by atoms with Crippen LogP contribution in [-0.4, -0.2) is 36.2 Å². The predicted molar refractivity (Wildman–Crippen MR) is 92.8 cm³/mol. The summed E-state index contributed by atoms with van der Waals surface area (Å²) in [4.78, 5) is 8.28. The number of imidazole rings is 1. The number of benzene rings is 1. The topological polar surface area (TPSA) is 63.5 Å². The van der Waals surface area contributed by atoms with Crippen LogP contribution in [0.2, 0.25) is 0 Å². The Hall–Kier alpha value is -2.50. The fourth-order valence-corrected chi connectivity index (χ4v) is 2.28. The van der Waals surface area contributed by atoms with Gasteiger partial charge in [0.15, 0.2) is 5.96 Å². The van der Waals surface area contributed by atoms with Crippen molar-refractivity contribution in [1.82, 2.24) is 20.2 Å². The van der Waals surface area contributed by atoms with Gasteiger partial charge < -0.3 is 19.9 Å². The predicted octanol–water partition coefficient (Wildman–Crippen LogP) is 1.96. The molecule has 6 heteroatoms. The quantitative estimate of drug-likeness (QED) is 0.466. The minimum Gasteiger partial charge on any atom is -0.496 e. The number of nitrogens with one attached hydrogen (secondary N) is 2. The van der Waals surface area contributed by atoms with Crippen LogP contribution in [0.15, 0.2) is 41.9 Å². The molecule has 0 spiro atoms. The standard InChI is InChI=1S/C17H25N5O/c1-14-5-6-15(16(11-14)23-3)12-21-17(18-2)20-7-4-9-22-10-8-19-13-22/h5-6,8,10-11,13H,4,7,9,12H2,1-3H3,(H2,18,20,21). The van der Waals surface area contributed by atoms with E-state index in [2.05, 4.69) is 44.2 Å². The van der Waals surface area contributed by atoms with E-state index >= 15 is 0 Å². The first kappa shape index (κ1) is 16.9. The summed E-state index contributed by atoms with van der Waals surface area (Å²) >= 11 is 0. The summed E-state index contributed by atoms with van der Waals surface area (Å²) in [5, 5.41) is 6.63. The van der Waals surface area contributed by atoms with Gasteiger partial charge >= 0.3 is 0 Å². The van der Waals surface area contributed by atoms with Gasteiger partial charge in [-0.2, -0.15) is 0 Å². The van der Waals surface area contributed by atoms with Crippen LogP contribution >= 0.6 is 0 Å². The fraction of sp³-hybridized carbons (Fsp3) is 0.412. The normalized spacial score (nSPS) is 11.3. The molecule has 2 N–H and O–H groups in total. The lowest BCUT2D eigenvalue weighted by molar-refractivity contribution is 0.408. The SMILES string of the molecule is CN=C(NCCCn1ccnc1)NCc1ccc(C)cc1OC. The molecule has 0 amide bonds. The Kier molecular flexibility index (Phi) is 6.47. The van der Waals surface area contributed by atoms with Gasteiger partial charge in [-0.1, -0.05) is 12.1 Å². The molecule has 1 aromatic heterocycles. The maximum absolute atomic E-state index is 5.42. The summed E-state index contributed by atoms with van der Waals surface area (Å²) in [5.74, 6) is 1.69. The summed E-state index contributed by atoms with van der Waals surface area (Å²) in [6, 6.07) is 6.20. The van der Waals surface area contributed by atoms with E-state index in [4.69, 9.17) is 4.74 Å². The molecule has 0 radical (unpaired) electrons. The molecule has 124 valence electrons. The number of aromatic nitrogens is 2. The van der Waals surface area contributed by atoms with Crippen LogP contribution in [0.4, 0.5) is 0 Å². The molecule has 6 nitrogen and oxygen atoms in total. The van der Waals surface area contributed by atoms with Crippen molar-refractivity contribution in [2.75, 3.05) is 20.7 Å². The fourth-order valence-electron chi connectivity index (χ4n) is 2.28. The van der Waals surface area contributed by atoms with Crippen molar-refractivity contribution in [3.8, 4) is 5.75 Å². The van der Waals surface area contributed by atoms with Crippen LogP contribution < -0.4 is 15.4 Å². The van der Waals surface area contributed by atoms with E-state index in [1.165, 1.54) is 5.56 Å². The minimum atomic E-state index is 0.671. The van der Waals surface area contributed by atoms with E-state index in [0.29, 0.717) is 6.54 Å². The summed E-state index contributed by atoms with van der Waals surface area (Å²) < 4.78 is 7.49. The highest BCUT2D eigenvalue weighted by molar-refractivity contribution is 5.79. The average Bonchev–Trinajstić information content (AvgIpc) is 3.08. The van der Waals surface area contributed by atoms with Crippen molar-refractivity contribution in [2.45, 2.75) is 26.4 Å². The number of aliphatic imine (C=N–C) groups is 1. The number of hydrogen-bond donors (Lipinski definition) is 2. The third kappa shape index (κ3) is 5.32. The monoisotopic (exact) mass is 315 g/mol. The van der Waals surface area contributed by atoms with Gasteiger partial charge in [0.1, 0.15) is 5.75 Å². The van der Waals surface area contributed by atoms with Crippen LogP contribution in [0, 0.1) is 6.92 Å². The maximum atomic E-state index is 5.42. The third-order valence-electron chi connectivity index (χ3n) is 3.56. The molecule has 0 aliphatic heterocycles. The zero-order chi connectivity index (χ0) is 16.5. The van der Waals surface area contributed by atoms with Gasteiger partial charge in [-0.05, 0) is 25.0 Å². The van der Waals surface area contributed by atoms with Crippen molar-refractivity contribution < 1.29 is 4.74 Å². The summed E-state index contributed by atoms with van der Waals surface area (Å²) in [5.41, 5.74) is 2.30. The Morgan fingerprint density at radius 3 is 2.91 bits per heavy atom. The lowest BCUT2D eigenvalue weighted by atomic mass is 10.1. The number of nitrogens with zero attached hydrogens (tertiary/aromatic N) is 3. The molecule has 0 aliphatic carbocycles. The molecule has 0 saturated carbocycles. The first-order valence-electron chi connectivity index (χ1n) is 7.76. The Morgan fingerprint density at radius 2 is 2.22 bits per heavy atom. The number of aryl methyl sites for hydroxylation is 2. The van der Waals surface area contributed by atoms with E-state index in [0.717, 1.165) is 36.8 Å². The lowest BCUT2D eigenvalue weighted by Gasteiger charge is -2.14. The van der Waals surface area contributed by atoms with Gasteiger partial charge in [0.2, 0.25) is 0 Å². The molecule has 2 aromatic rings. The molecule has 0 atom stereocenters. The van der Waals surface area contributed by atoms with E-state index in [9.17, 15) is 0 Å². The molecule has 1 aromatic carbocycles. The molecule has 0 bridgehead atoms. The highest BCUT2D eigenvalue weighted by Crippen LogP contribution is 2.19. The van der Waals surface area contributed by atoms with Gasteiger partial charge in [0.25, 0.3) is 0 Å². The first-order chi connectivity index (χ1) is 11.2. The molecule has 1 heterocycles. The number of ether oxygens (including phenoxy) is 1. The van der Waals surface area contributed by atoms with Crippen LogP contribution in [0.25, 0.3) is 0 Å². The number of hydrogen-bond acceptors (Lipinski definition) is 3. The van der Waals surface area contributed by atoms with E-state index in [-0.39, 0.29) is 0 Å². The van der Waals surface area contributed by atoms with Crippen molar-refractivity contribution in [3.05, 3.63) is 48.0 Å². The Bertz CT molecular complexity index is 622. The smallest absolute Gasteiger partial charge is 0.191 e. The largest absolute Gasteiger partial charge is 0.496 e. The van der Waals surface area contributed by atoms with Crippen LogP contribution in [0.3, 0.4) is 0 Å². The van der Waals surface area contributed by atoms with E-state index in [1.807, 2.05) is 18.6 Å². The Balaban J connectivity index is 1.76. The highest BCUT2D eigenvalue weighted by atomic mass is 16.5. The van der Waals surface area contributed by atoms with E-state index < -0.39 is 0 Å². The van der Waals surface area contributed by atoms with E-state index in [1.54, 1.807) is 20.4 Å². The molecule has 0 fully saturated rings. The summed E-state index contributed by atoms with van der Waals surface area (Å²) in [6.45, 7) is 4.52. The summed E-state index contributed by atoms with van der Waals surface area (Å²) in [6.07, 6.45) is 6.60. The van der Waals surface area contributed by atoms with Gasteiger partial charge in [-0.15, -0.1) is 0 Å². The maximum Gasteiger partial charge on any atom is 0.191 e. The van der Waals surface area contributed by atoms with Gasteiger partial charge in [0.05, 0.1) is 13.4 Å². The Morgan fingerprint density at radius 1 is 1.35 bits per heavy atom.